The van der Waals surface area contributed by atoms with Gasteiger partial charge in [-0.05, 0) is 37.7 Å². The Labute approximate surface area is 288 Å². The molecule has 0 fully saturated rings. The van der Waals surface area contributed by atoms with Crippen LogP contribution in [0.5, 0.6) is 0 Å². The van der Waals surface area contributed by atoms with Gasteiger partial charge >= 0.3 is 0 Å². The van der Waals surface area contributed by atoms with E-state index in [1.807, 2.05) is 0 Å². The summed E-state index contributed by atoms with van der Waals surface area (Å²) in [4.78, 5) is 0. The second-order valence-electron chi connectivity index (χ2n) is 14.6. The summed E-state index contributed by atoms with van der Waals surface area (Å²) in [5.74, 6) is 1.58. The number of aryl methyl sites for hydroxylation is 3. The topological polar surface area (TPSA) is 8.81 Å². The van der Waals surface area contributed by atoms with E-state index in [-0.39, 0.29) is 0 Å². The quantitative estimate of drug-likeness (QED) is 0.0534. The summed E-state index contributed by atoms with van der Waals surface area (Å²) >= 11 is 0. The van der Waals surface area contributed by atoms with Crippen molar-refractivity contribution in [2.75, 3.05) is 0 Å². The molecule has 2 aromatic rings. The molecule has 0 aliphatic heterocycles. The maximum absolute atomic E-state index is 2.62. The van der Waals surface area contributed by atoms with Crippen molar-refractivity contribution in [3.63, 3.8) is 0 Å². The van der Waals surface area contributed by atoms with Crippen LogP contribution in [0.1, 0.15) is 211 Å². The molecule has 2 nitrogen and oxygen atoms in total. The van der Waals surface area contributed by atoms with E-state index >= 15 is 0 Å². The second kappa shape index (κ2) is 30.7. The summed E-state index contributed by atoms with van der Waals surface area (Å²) in [5, 5.41) is 0. The van der Waals surface area contributed by atoms with Crippen LogP contribution >= 0.6 is 0 Å². The monoisotopic (exact) mass is 636 g/mol. The van der Waals surface area contributed by atoms with Crippen molar-refractivity contribution < 1.29 is 4.57 Å². The lowest BCUT2D eigenvalue weighted by Gasteiger charge is -2.07. The molecule has 0 bridgehead atoms. The Morgan fingerprint density at radius 2 is 0.848 bits per heavy atom. The molecule has 1 heterocycles. The summed E-state index contributed by atoms with van der Waals surface area (Å²) in [6, 6.07) is 11.0. The number of aromatic nitrogens is 2. The van der Waals surface area contributed by atoms with E-state index in [9.17, 15) is 0 Å². The summed E-state index contributed by atoms with van der Waals surface area (Å²) in [6.45, 7) is 6.97. The van der Waals surface area contributed by atoms with Crippen molar-refractivity contribution in [1.82, 2.24) is 4.57 Å². The fraction of sp³-hybridized carbons (Fsp3) is 0.795. The predicted molar refractivity (Wildman–Crippen MR) is 204 cm³/mol. The Balaban J connectivity index is 1.57. The number of imidazole rings is 1. The first-order valence-electron chi connectivity index (χ1n) is 21.0. The highest BCUT2D eigenvalue weighted by Gasteiger charge is 2.16. The Morgan fingerprint density at radius 3 is 1.30 bits per heavy atom. The van der Waals surface area contributed by atoms with E-state index < -0.39 is 0 Å². The van der Waals surface area contributed by atoms with Gasteiger partial charge in [0.05, 0.1) is 13.1 Å². The van der Waals surface area contributed by atoms with Crippen molar-refractivity contribution in [2.45, 2.75) is 226 Å². The fourth-order valence-electron chi connectivity index (χ4n) is 7.24. The van der Waals surface area contributed by atoms with Gasteiger partial charge in [0.15, 0.2) is 0 Å². The highest BCUT2D eigenvalue weighted by atomic mass is 15.1. The van der Waals surface area contributed by atoms with Gasteiger partial charge in [0.25, 0.3) is 5.82 Å². The van der Waals surface area contributed by atoms with Crippen molar-refractivity contribution in [3.05, 3.63) is 54.1 Å². The van der Waals surface area contributed by atoms with E-state index in [0.29, 0.717) is 0 Å². The number of benzene rings is 1. The van der Waals surface area contributed by atoms with Crippen LogP contribution in [0.15, 0.2) is 42.7 Å². The van der Waals surface area contributed by atoms with E-state index in [1.54, 1.807) is 5.82 Å². The molecular formula is C44H79N2+. The minimum atomic E-state index is 1.15. The van der Waals surface area contributed by atoms with Gasteiger partial charge < -0.3 is 0 Å². The number of rotatable bonds is 34. The zero-order valence-corrected chi connectivity index (χ0v) is 31.3. The molecule has 1 aromatic carbocycles. The van der Waals surface area contributed by atoms with Gasteiger partial charge in [-0.25, -0.2) is 9.13 Å². The van der Waals surface area contributed by atoms with Crippen LogP contribution < -0.4 is 4.57 Å². The summed E-state index contributed by atoms with van der Waals surface area (Å²) < 4.78 is 5.21. The van der Waals surface area contributed by atoms with Gasteiger partial charge in [-0.2, -0.15) is 0 Å². The molecular weight excluding hydrogens is 556 g/mol. The first kappa shape index (κ1) is 40.6. The normalized spacial score (nSPS) is 11.5. The number of nitrogens with zero attached hydrogens (tertiary/aromatic N) is 2. The predicted octanol–water partition coefficient (Wildman–Crippen LogP) is 13.9. The third kappa shape index (κ3) is 22.1. The largest absolute Gasteiger partial charge is 0.256 e. The van der Waals surface area contributed by atoms with Crippen molar-refractivity contribution in [2.24, 2.45) is 0 Å². The maximum Gasteiger partial charge on any atom is 0.256 e. The molecule has 46 heavy (non-hydrogen) atoms. The highest BCUT2D eigenvalue weighted by Crippen LogP contribution is 2.16. The van der Waals surface area contributed by atoms with E-state index in [1.165, 1.54) is 211 Å². The zero-order chi connectivity index (χ0) is 32.6. The molecule has 2 heteroatoms. The van der Waals surface area contributed by atoms with Crippen LogP contribution in [0.4, 0.5) is 0 Å². The van der Waals surface area contributed by atoms with Crippen molar-refractivity contribution >= 4 is 0 Å². The molecule has 0 amide bonds. The summed E-state index contributed by atoms with van der Waals surface area (Å²) in [5.41, 5.74) is 1.47. The Hall–Kier alpha value is -1.57. The molecule has 0 saturated carbocycles. The maximum atomic E-state index is 2.62. The lowest BCUT2D eigenvalue weighted by molar-refractivity contribution is -0.704. The van der Waals surface area contributed by atoms with Gasteiger partial charge in [-0.15, -0.1) is 0 Å². The van der Waals surface area contributed by atoms with Crippen LogP contribution in [-0.2, 0) is 25.9 Å². The van der Waals surface area contributed by atoms with Crippen LogP contribution in [0.2, 0.25) is 0 Å². The molecule has 0 saturated heterocycles. The molecule has 0 aliphatic rings. The number of unbranched alkanes of at least 4 members (excludes halogenated alkanes) is 26. The first-order valence-corrected chi connectivity index (χ1v) is 21.0. The first-order chi connectivity index (χ1) is 22.8. The molecule has 0 atom stereocenters. The molecule has 0 radical (unpaired) electrons. The Kier molecular flexibility index (Phi) is 27.1. The average molecular weight is 636 g/mol. The van der Waals surface area contributed by atoms with Crippen LogP contribution in [0, 0.1) is 0 Å². The van der Waals surface area contributed by atoms with Gasteiger partial charge in [-0.3, -0.25) is 0 Å². The average Bonchev–Trinajstić information content (AvgIpc) is 3.46. The Bertz CT molecular complexity index is 885. The minimum absolute atomic E-state index is 1.15. The van der Waals surface area contributed by atoms with Crippen molar-refractivity contribution in [3.8, 4) is 0 Å². The van der Waals surface area contributed by atoms with E-state index in [2.05, 4.69) is 65.7 Å². The van der Waals surface area contributed by atoms with Gasteiger partial charge in [0.2, 0.25) is 0 Å². The van der Waals surface area contributed by atoms with Gasteiger partial charge in [-0.1, -0.05) is 205 Å². The lowest BCUT2D eigenvalue weighted by Crippen LogP contribution is -2.37. The standard InChI is InChI=1S/C44H79N2/c1-3-5-7-9-11-13-15-16-17-18-19-20-22-24-26-28-33-39-45-41-42-46(40-34-37-43-35-30-29-31-36-43)44(45)38-32-27-25-23-21-14-12-10-8-6-4-2/h29-31,35-36,41-42H,3-28,32-34,37-40H2,1-2H3/q+1. The molecule has 0 spiro atoms. The summed E-state index contributed by atoms with van der Waals surface area (Å²) in [6.07, 6.45) is 48.6. The SMILES string of the molecule is CCCCCCCCCCCCCCCCCCCn1cc[n+](CCCc2ccccc2)c1CCCCCCCCCCCCC. The van der Waals surface area contributed by atoms with E-state index in [0.717, 1.165) is 6.54 Å². The van der Waals surface area contributed by atoms with Crippen molar-refractivity contribution in [1.29, 1.82) is 0 Å². The van der Waals surface area contributed by atoms with Crippen LogP contribution in [0.25, 0.3) is 0 Å². The van der Waals surface area contributed by atoms with Crippen LogP contribution in [-0.4, -0.2) is 4.57 Å². The third-order valence-corrected chi connectivity index (χ3v) is 10.3. The zero-order valence-electron chi connectivity index (χ0n) is 31.3. The second-order valence-corrected chi connectivity index (χ2v) is 14.6. The lowest BCUT2D eigenvalue weighted by atomic mass is 10.0. The summed E-state index contributed by atoms with van der Waals surface area (Å²) in [7, 11) is 0. The molecule has 0 N–H and O–H groups in total. The smallest absolute Gasteiger partial charge is 0.234 e. The molecule has 1 aromatic heterocycles. The molecule has 264 valence electrons. The molecule has 0 aliphatic carbocycles. The minimum Gasteiger partial charge on any atom is -0.234 e. The fourth-order valence-corrected chi connectivity index (χ4v) is 7.24. The van der Waals surface area contributed by atoms with Gasteiger partial charge in [0.1, 0.15) is 12.4 Å². The molecule has 2 rings (SSSR count). The van der Waals surface area contributed by atoms with E-state index in [4.69, 9.17) is 0 Å². The van der Waals surface area contributed by atoms with Crippen LogP contribution in [0.3, 0.4) is 0 Å². The molecule has 0 unspecified atom stereocenters. The highest BCUT2D eigenvalue weighted by molar-refractivity contribution is 5.14. The third-order valence-electron chi connectivity index (χ3n) is 10.3. The number of hydrogen-bond donors (Lipinski definition) is 0. The number of hydrogen-bond acceptors (Lipinski definition) is 0. The van der Waals surface area contributed by atoms with Gasteiger partial charge in [0, 0.05) is 6.42 Å². The Morgan fingerprint density at radius 1 is 0.435 bits per heavy atom.